The van der Waals surface area contributed by atoms with Crippen LogP contribution in [0.2, 0.25) is 0 Å². The van der Waals surface area contributed by atoms with Crippen molar-refractivity contribution in [2.75, 3.05) is 26.7 Å². The van der Waals surface area contributed by atoms with E-state index in [4.69, 9.17) is 0 Å². The van der Waals surface area contributed by atoms with Crippen molar-refractivity contribution in [3.63, 3.8) is 0 Å². The highest BCUT2D eigenvalue weighted by Crippen LogP contribution is 2.27. The van der Waals surface area contributed by atoms with E-state index in [1.54, 1.807) is 0 Å². The van der Waals surface area contributed by atoms with Gasteiger partial charge >= 0.3 is 0 Å². The first kappa shape index (κ1) is 13.0. The number of rotatable bonds is 8. The Kier molecular flexibility index (Phi) is 6.26. The topological polar surface area (TPSA) is 15.3 Å². The maximum atomic E-state index is 3.53. The molecular weight excluding hydrogens is 184 g/mol. The third-order valence-electron chi connectivity index (χ3n) is 3.67. The van der Waals surface area contributed by atoms with Gasteiger partial charge in [0.2, 0.25) is 0 Å². The Morgan fingerprint density at radius 1 is 1.40 bits per heavy atom. The van der Waals surface area contributed by atoms with E-state index in [0.29, 0.717) is 6.04 Å². The van der Waals surface area contributed by atoms with Crippen LogP contribution < -0.4 is 5.32 Å². The fraction of sp³-hybridized carbons (Fsp3) is 1.00. The van der Waals surface area contributed by atoms with E-state index in [-0.39, 0.29) is 0 Å². The van der Waals surface area contributed by atoms with Gasteiger partial charge in [0.05, 0.1) is 0 Å². The van der Waals surface area contributed by atoms with E-state index in [1.807, 2.05) is 0 Å². The van der Waals surface area contributed by atoms with Crippen LogP contribution in [0, 0.1) is 5.92 Å². The van der Waals surface area contributed by atoms with E-state index in [9.17, 15) is 0 Å². The molecule has 90 valence electrons. The van der Waals surface area contributed by atoms with E-state index in [1.165, 1.54) is 45.2 Å². The molecule has 1 atom stereocenters. The van der Waals surface area contributed by atoms with Gasteiger partial charge in [0.15, 0.2) is 0 Å². The van der Waals surface area contributed by atoms with Crippen LogP contribution in [0.25, 0.3) is 0 Å². The van der Waals surface area contributed by atoms with Gasteiger partial charge in [0.1, 0.15) is 0 Å². The van der Waals surface area contributed by atoms with Crippen LogP contribution in [0.15, 0.2) is 0 Å². The van der Waals surface area contributed by atoms with Gasteiger partial charge in [-0.3, -0.25) is 0 Å². The minimum absolute atomic E-state index is 0.683. The fourth-order valence-corrected chi connectivity index (χ4v) is 2.03. The highest BCUT2D eigenvalue weighted by Gasteiger charge is 2.20. The lowest BCUT2D eigenvalue weighted by atomic mass is 9.85. The smallest absolute Gasteiger partial charge is 0.0189 e. The largest absolute Gasteiger partial charge is 0.315 e. The van der Waals surface area contributed by atoms with Gasteiger partial charge in [0, 0.05) is 19.1 Å². The average molecular weight is 212 g/mol. The summed E-state index contributed by atoms with van der Waals surface area (Å²) in [5.74, 6) is 0.994. The first-order valence-electron chi connectivity index (χ1n) is 6.65. The number of nitrogens with one attached hydrogen (secondary N) is 1. The van der Waals surface area contributed by atoms with Crippen LogP contribution in [0.5, 0.6) is 0 Å². The standard InChI is InChI=1S/C13H28N2/c1-4-5-9-14-10-12(2)15(3)11-13-7-6-8-13/h12-14H,4-11H2,1-3H3. The SMILES string of the molecule is CCCCNCC(C)N(C)CC1CCC1. The molecule has 0 aromatic heterocycles. The van der Waals surface area contributed by atoms with E-state index >= 15 is 0 Å². The molecular formula is C13H28N2. The molecule has 0 radical (unpaired) electrons. The normalized spacial score (nSPS) is 19.2. The van der Waals surface area contributed by atoms with Crippen LogP contribution >= 0.6 is 0 Å². The monoisotopic (exact) mass is 212 g/mol. The van der Waals surface area contributed by atoms with E-state index < -0.39 is 0 Å². The third-order valence-corrected chi connectivity index (χ3v) is 3.67. The molecule has 0 aliphatic heterocycles. The fourth-order valence-electron chi connectivity index (χ4n) is 2.03. The van der Waals surface area contributed by atoms with Gasteiger partial charge in [-0.1, -0.05) is 19.8 Å². The molecule has 0 heterocycles. The first-order valence-corrected chi connectivity index (χ1v) is 6.65. The van der Waals surface area contributed by atoms with Gasteiger partial charge < -0.3 is 10.2 Å². The van der Waals surface area contributed by atoms with Crippen LogP contribution in [-0.2, 0) is 0 Å². The molecule has 1 aliphatic rings. The molecule has 1 N–H and O–H groups in total. The van der Waals surface area contributed by atoms with Crippen molar-refractivity contribution in [2.45, 2.75) is 52.0 Å². The summed E-state index contributed by atoms with van der Waals surface area (Å²) in [4.78, 5) is 2.52. The van der Waals surface area contributed by atoms with Gasteiger partial charge in [-0.25, -0.2) is 0 Å². The predicted molar refractivity (Wildman–Crippen MR) is 67.2 cm³/mol. The molecule has 1 saturated carbocycles. The van der Waals surface area contributed by atoms with E-state index in [0.717, 1.165) is 12.5 Å². The average Bonchev–Trinajstić information content (AvgIpc) is 2.17. The summed E-state index contributed by atoms with van der Waals surface area (Å²) in [6.45, 7) is 8.20. The van der Waals surface area contributed by atoms with Crippen LogP contribution in [0.4, 0.5) is 0 Å². The number of likely N-dealkylation sites (N-methyl/N-ethyl adjacent to an activating group) is 1. The summed E-state index contributed by atoms with van der Waals surface area (Å²) >= 11 is 0. The Morgan fingerprint density at radius 3 is 2.67 bits per heavy atom. The van der Waals surface area contributed by atoms with Crippen molar-refractivity contribution in [3.05, 3.63) is 0 Å². The summed E-state index contributed by atoms with van der Waals surface area (Å²) in [5.41, 5.74) is 0. The lowest BCUT2D eigenvalue weighted by Gasteiger charge is -2.33. The number of unbranched alkanes of at least 4 members (excludes halogenated alkanes) is 1. The van der Waals surface area contributed by atoms with Crippen LogP contribution in [0.1, 0.15) is 46.0 Å². The Labute approximate surface area is 95.4 Å². The number of nitrogens with zero attached hydrogens (tertiary/aromatic N) is 1. The van der Waals surface area contributed by atoms with E-state index in [2.05, 4.69) is 31.1 Å². The number of hydrogen-bond acceptors (Lipinski definition) is 2. The molecule has 1 fully saturated rings. The van der Waals surface area contributed by atoms with Crippen molar-refractivity contribution in [3.8, 4) is 0 Å². The molecule has 0 bridgehead atoms. The quantitative estimate of drug-likeness (QED) is 0.622. The summed E-state index contributed by atoms with van der Waals surface area (Å²) in [7, 11) is 2.27. The zero-order chi connectivity index (χ0) is 11.1. The Hall–Kier alpha value is -0.0800. The summed E-state index contributed by atoms with van der Waals surface area (Å²) in [5, 5.41) is 3.53. The van der Waals surface area contributed by atoms with Crippen LogP contribution in [-0.4, -0.2) is 37.6 Å². The van der Waals surface area contributed by atoms with Crippen molar-refractivity contribution in [1.82, 2.24) is 10.2 Å². The third kappa shape index (κ3) is 4.98. The second kappa shape index (κ2) is 7.24. The Morgan fingerprint density at radius 2 is 2.13 bits per heavy atom. The van der Waals surface area contributed by atoms with Crippen molar-refractivity contribution in [1.29, 1.82) is 0 Å². The molecule has 0 spiro atoms. The summed E-state index contributed by atoms with van der Waals surface area (Å²) in [6, 6.07) is 0.683. The minimum atomic E-state index is 0.683. The molecule has 1 unspecified atom stereocenters. The molecule has 0 aromatic rings. The first-order chi connectivity index (χ1) is 7.24. The Bertz CT molecular complexity index is 155. The highest BCUT2D eigenvalue weighted by atomic mass is 15.1. The summed E-state index contributed by atoms with van der Waals surface area (Å²) in [6.07, 6.45) is 6.97. The molecule has 0 saturated heterocycles. The molecule has 2 heteroatoms. The molecule has 0 aromatic carbocycles. The molecule has 15 heavy (non-hydrogen) atoms. The van der Waals surface area contributed by atoms with Crippen LogP contribution in [0.3, 0.4) is 0 Å². The zero-order valence-corrected chi connectivity index (χ0v) is 10.8. The second-order valence-electron chi connectivity index (χ2n) is 5.14. The molecule has 1 rings (SSSR count). The highest BCUT2D eigenvalue weighted by molar-refractivity contribution is 4.75. The molecule has 2 nitrogen and oxygen atoms in total. The lowest BCUT2D eigenvalue weighted by Crippen LogP contribution is -2.41. The molecule has 1 aliphatic carbocycles. The van der Waals surface area contributed by atoms with Crippen molar-refractivity contribution >= 4 is 0 Å². The predicted octanol–water partition coefficient (Wildman–Crippen LogP) is 2.50. The number of hydrogen-bond donors (Lipinski definition) is 1. The zero-order valence-electron chi connectivity index (χ0n) is 10.8. The second-order valence-corrected chi connectivity index (χ2v) is 5.14. The van der Waals surface area contributed by atoms with Gasteiger partial charge in [-0.15, -0.1) is 0 Å². The maximum Gasteiger partial charge on any atom is 0.0189 e. The van der Waals surface area contributed by atoms with Crippen molar-refractivity contribution < 1.29 is 0 Å². The Balaban J connectivity index is 2.01. The lowest BCUT2D eigenvalue weighted by molar-refractivity contribution is 0.167. The van der Waals surface area contributed by atoms with Gasteiger partial charge in [0.25, 0.3) is 0 Å². The van der Waals surface area contributed by atoms with Crippen molar-refractivity contribution in [2.24, 2.45) is 5.92 Å². The van der Waals surface area contributed by atoms with Gasteiger partial charge in [-0.05, 0) is 45.7 Å². The minimum Gasteiger partial charge on any atom is -0.315 e. The maximum absolute atomic E-state index is 3.53. The summed E-state index contributed by atoms with van der Waals surface area (Å²) < 4.78 is 0. The molecule has 0 amide bonds. The van der Waals surface area contributed by atoms with Gasteiger partial charge in [-0.2, -0.15) is 0 Å².